The van der Waals surface area contributed by atoms with E-state index in [1.54, 1.807) is 0 Å². The molecule has 1 heterocycles. The molecule has 0 radical (unpaired) electrons. The van der Waals surface area contributed by atoms with E-state index in [-0.39, 0.29) is 0 Å². The number of nitrogens with zero attached hydrogens (tertiary/aromatic N) is 2. The molecule has 5 heteroatoms. The number of hydrogen-bond donors (Lipinski definition) is 2. The van der Waals surface area contributed by atoms with Crippen LogP contribution in [-0.2, 0) is 0 Å². The van der Waals surface area contributed by atoms with Gasteiger partial charge in [-0.2, -0.15) is 0 Å². The lowest BCUT2D eigenvalue weighted by atomic mass is 10.1. The van der Waals surface area contributed by atoms with Crippen molar-refractivity contribution in [2.45, 2.75) is 25.7 Å². The number of anilines is 1. The van der Waals surface area contributed by atoms with Gasteiger partial charge in [0.25, 0.3) is 0 Å². The number of rotatable bonds is 2. The molecule has 94 valence electrons. The van der Waals surface area contributed by atoms with Crippen LogP contribution in [0, 0.1) is 6.92 Å². The van der Waals surface area contributed by atoms with Gasteiger partial charge in [0.2, 0.25) is 0 Å². The lowest BCUT2D eigenvalue weighted by Crippen LogP contribution is -2.14. The third-order valence-electron chi connectivity index (χ3n) is 3.36. The van der Waals surface area contributed by atoms with Crippen molar-refractivity contribution in [2.24, 2.45) is 0 Å². The molecular formula is C13H15ClN4. The van der Waals surface area contributed by atoms with Crippen LogP contribution < -0.4 is 11.6 Å². The average molecular weight is 263 g/mol. The van der Waals surface area contributed by atoms with Crippen LogP contribution in [0.5, 0.6) is 0 Å². The van der Waals surface area contributed by atoms with Gasteiger partial charge in [-0.3, -0.25) is 0 Å². The first kappa shape index (κ1) is 11.4. The molecule has 0 saturated heterocycles. The molecule has 3 rings (SSSR count). The van der Waals surface area contributed by atoms with Crippen molar-refractivity contribution in [3.8, 4) is 11.3 Å². The van der Waals surface area contributed by atoms with Crippen molar-refractivity contribution in [2.75, 3.05) is 11.6 Å². The Hall–Kier alpha value is -1.68. The first-order chi connectivity index (χ1) is 8.58. The van der Waals surface area contributed by atoms with Gasteiger partial charge in [-0.15, -0.1) is 0 Å². The van der Waals surface area contributed by atoms with E-state index in [2.05, 4.69) is 4.98 Å². The highest BCUT2D eigenvalue weighted by molar-refractivity contribution is 6.31. The standard InChI is InChI=1S/C13H15ClN4/c1-7-2-3-9(6-10(7)14)11-12(15)18(16)13(17-11)8-4-5-8/h2-3,6,8H,4-5,15-16H2,1H3. The number of benzene rings is 1. The molecule has 0 spiro atoms. The molecule has 1 aromatic carbocycles. The summed E-state index contributed by atoms with van der Waals surface area (Å²) in [6.45, 7) is 1.96. The number of halogens is 1. The summed E-state index contributed by atoms with van der Waals surface area (Å²) in [5, 5.41) is 0.714. The predicted molar refractivity (Wildman–Crippen MR) is 73.9 cm³/mol. The van der Waals surface area contributed by atoms with Crippen LogP contribution in [0.1, 0.15) is 30.1 Å². The van der Waals surface area contributed by atoms with Crippen molar-refractivity contribution in [3.05, 3.63) is 34.6 Å². The number of hydrogen-bond acceptors (Lipinski definition) is 3. The summed E-state index contributed by atoms with van der Waals surface area (Å²) in [4.78, 5) is 4.57. The highest BCUT2D eigenvalue weighted by atomic mass is 35.5. The summed E-state index contributed by atoms with van der Waals surface area (Å²) in [6.07, 6.45) is 2.28. The molecule has 4 N–H and O–H groups in total. The van der Waals surface area contributed by atoms with Crippen molar-refractivity contribution >= 4 is 17.4 Å². The van der Waals surface area contributed by atoms with Crippen LogP contribution in [0.2, 0.25) is 5.02 Å². The van der Waals surface area contributed by atoms with Gasteiger partial charge in [-0.25, -0.2) is 9.66 Å². The predicted octanol–water partition coefficient (Wildman–Crippen LogP) is 2.69. The van der Waals surface area contributed by atoms with Gasteiger partial charge in [-0.1, -0.05) is 23.7 Å². The minimum atomic E-state index is 0.465. The lowest BCUT2D eigenvalue weighted by Gasteiger charge is -2.03. The second-order valence-electron chi connectivity index (χ2n) is 4.81. The minimum Gasteiger partial charge on any atom is -0.382 e. The van der Waals surface area contributed by atoms with Crippen LogP contribution in [0.15, 0.2) is 18.2 Å². The maximum absolute atomic E-state index is 6.13. The topological polar surface area (TPSA) is 69.9 Å². The molecule has 1 aliphatic carbocycles. The zero-order valence-corrected chi connectivity index (χ0v) is 10.9. The van der Waals surface area contributed by atoms with Crippen molar-refractivity contribution < 1.29 is 0 Å². The molecule has 0 atom stereocenters. The van der Waals surface area contributed by atoms with Crippen molar-refractivity contribution in [1.82, 2.24) is 9.66 Å². The number of nitrogen functional groups attached to an aromatic ring is 2. The Morgan fingerprint density at radius 3 is 2.72 bits per heavy atom. The van der Waals surface area contributed by atoms with Crippen LogP contribution in [0.3, 0.4) is 0 Å². The van der Waals surface area contributed by atoms with Crippen molar-refractivity contribution in [3.63, 3.8) is 0 Å². The van der Waals surface area contributed by atoms with Gasteiger partial charge in [0.15, 0.2) is 5.82 Å². The van der Waals surface area contributed by atoms with E-state index in [4.69, 9.17) is 23.2 Å². The van der Waals surface area contributed by atoms with Crippen molar-refractivity contribution in [1.29, 1.82) is 0 Å². The SMILES string of the molecule is Cc1ccc(-c2nc(C3CC3)n(N)c2N)cc1Cl. The summed E-state index contributed by atoms with van der Waals surface area (Å²) < 4.78 is 1.50. The fourth-order valence-electron chi connectivity index (χ4n) is 2.05. The molecule has 0 aliphatic heterocycles. The van der Waals surface area contributed by atoms with Gasteiger partial charge in [0.1, 0.15) is 11.5 Å². The molecule has 4 nitrogen and oxygen atoms in total. The highest BCUT2D eigenvalue weighted by Crippen LogP contribution is 2.41. The Morgan fingerprint density at radius 2 is 2.11 bits per heavy atom. The van der Waals surface area contributed by atoms with Gasteiger partial charge in [0.05, 0.1) is 0 Å². The first-order valence-corrected chi connectivity index (χ1v) is 6.35. The maximum Gasteiger partial charge on any atom is 0.150 e. The zero-order valence-electron chi connectivity index (χ0n) is 10.2. The Morgan fingerprint density at radius 1 is 1.39 bits per heavy atom. The van der Waals surface area contributed by atoms with Crippen LogP contribution in [-0.4, -0.2) is 9.66 Å². The number of imidazole rings is 1. The van der Waals surface area contributed by atoms with E-state index in [1.165, 1.54) is 4.68 Å². The summed E-state index contributed by atoms with van der Waals surface area (Å²) in [5.41, 5.74) is 8.69. The van der Waals surface area contributed by atoms with E-state index in [0.717, 1.165) is 35.5 Å². The summed E-state index contributed by atoms with van der Waals surface area (Å²) >= 11 is 6.13. The van der Waals surface area contributed by atoms with Gasteiger partial charge in [0, 0.05) is 16.5 Å². The smallest absolute Gasteiger partial charge is 0.150 e. The molecule has 18 heavy (non-hydrogen) atoms. The lowest BCUT2D eigenvalue weighted by molar-refractivity contribution is 0.855. The van der Waals surface area contributed by atoms with E-state index >= 15 is 0 Å². The van der Waals surface area contributed by atoms with Crippen LogP contribution in [0.4, 0.5) is 5.82 Å². The molecule has 1 saturated carbocycles. The maximum atomic E-state index is 6.13. The summed E-state index contributed by atoms with van der Waals surface area (Å²) in [5.74, 6) is 7.78. The van der Waals surface area contributed by atoms with Crippen LogP contribution >= 0.6 is 11.6 Å². The fourth-order valence-corrected chi connectivity index (χ4v) is 2.23. The monoisotopic (exact) mass is 262 g/mol. The van der Waals surface area contributed by atoms with Gasteiger partial charge < -0.3 is 11.6 Å². The van der Waals surface area contributed by atoms with E-state index in [1.807, 2.05) is 25.1 Å². The minimum absolute atomic E-state index is 0.465. The number of nitrogens with two attached hydrogens (primary N) is 2. The Kier molecular flexibility index (Phi) is 2.48. The second-order valence-corrected chi connectivity index (χ2v) is 5.22. The third kappa shape index (κ3) is 1.73. The molecule has 0 amide bonds. The van der Waals surface area contributed by atoms with Crippen LogP contribution in [0.25, 0.3) is 11.3 Å². The third-order valence-corrected chi connectivity index (χ3v) is 3.77. The number of aromatic nitrogens is 2. The normalized spacial score (nSPS) is 15.0. The first-order valence-electron chi connectivity index (χ1n) is 5.97. The largest absolute Gasteiger partial charge is 0.382 e. The van der Waals surface area contributed by atoms with E-state index in [0.29, 0.717) is 16.8 Å². The Balaban J connectivity index is 2.10. The molecule has 2 aromatic rings. The Labute approximate surface area is 111 Å². The van der Waals surface area contributed by atoms with Gasteiger partial charge >= 0.3 is 0 Å². The Bertz CT molecular complexity index is 614. The molecular weight excluding hydrogens is 248 g/mol. The van der Waals surface area contributed by atoms with Gasteiger partial charge in [-0.05, 0) is 31.4 Å². The molecule has 0 unspecified atom stereocenters. The average Bonchev–Trinajstić information content (AvgIpc) is 3.13. The summed E-state index contributed by atoms with van der Waals surface area (Å²) in [7, 11) is 0. The quantitative estimate of drug-likeness (QED) is 0.818. The van der Waals surface area contributed by atoms with E-state index in [9.17, 15) is 0 Å². The molecule has 0 bridgehead atoms. The number of aryl methyl sites for hydroxylation is 1. The molecule has 1 aromatic heterocycles. The summed E-state index contributed by atoms with van der Waals surface area (Å²) in [6, 6.07) is 5.81. The second kappa shape index (κ2) is 3.92. The molecule has 1 fully saturated rings. The highest BCUT2D eigenvalue weighted by Gasteiger charge is 2.30. The van der Waals surface area contributed by atoms with E-state index < -0.39 is 0 Å². The zero-order chi connectivity index (χ0) is 12.9. The fraction of sp³-hybridized carbons (Fsp3) is 0.308. The molecule has 1 aliphatic rings.